The first-order chi connectivity index (χ1) is 6.91. The Morgan fingerprint density at radius 1 is 1.60 bits per heavy atom. The van der Waals surface area contributed by atoms with Gasteiger partial charge in [-0.15, -0.1) is 0 Å². The van der Waals surface area contributed by atoms with Crippen LogP contribution in [-0.2, 0) is 9.84 Å². The van der Waals surface area contributed by atoms with Gasteiger partial charge in [-0.05, 0) is 13.0 Å². The number of hydrogen-bond donors (Lipinski definition) is 1. The molecule has 1 rings (SSSR count). The predicted molar refractivity (Wildman–Crippen MR) is 54.8 cm³/mol. The molecule has 0 fully saturated rings. The molecular formula is C9H11N2O3S. The van der Waals surface area contributed by atoms with Gasteiger partial charge in [0.2, 0.25) is 0 Å². The van der Waals surface area contributed by atoms with Crippen LogP contribution in [0, 0.1) is 6.07 Å². The normalized spacial score (nSPS) is 13.2. The molecule has 1 amide bonds. The summed E-state index contributed by atoms with van der Waals surface area (Å²) < 4.78 is 22.1. The molecule has 1 radical (unpaired) electrons. The summed E-state index contributed by atoms with van der Waals surface area (Å²) in [6.45, 7) is 1.41. The summed E-state index contributed by atoms with van der Waals surface area (Å²) in [6.07, 6.45) is 3.82. The van der Waals surface area contributed by atoms with E-state index in [4.69, 9.17) is 0 Å². The van der Waals surface area contributed by atoms with Crippen molar-refractivity contribution in [3.05, 3.63) is 30.1 Å². The van der Waals surface area contributed by atoms with Crippen molar-refractivity contribution in [1.82, 2.24) is 10.3 Å². The molecule has 0 saturated carbocycles. The van der Waals surface area contributed by atoms with E-state index < -0.39 is 21.1 Å². The van der Waals surface area contributed by atoms with Crippen LogP contribution < -0.4 is 5.32 Å². The minimum absolute atomic E-state index is 0.285. The van der Waals surface area contributed by atoms with E-state index in [1.807, 2.05) is 0 Å². The minimum atomic E-state index is -3.27. The number of nitrogens with zero attached hydrogens (tertiary/aromatic N) is 1. The zero-order valence-corrected chi connectivity index (χ0v) is 9.21. The minimum Gasteiger partial charge on any atom is -0.336 e. The number of carbonyl (C=O) groups excluding carboxylic acids is 1. The van der Waals surface area contributed by atoms with Crippen LogP contribution in [0.4, 0.5) is 0 Å². The van der Waals surface area contributed by atoms with Crippen LogP contribution >= 0.6 is 0 Å². The van der Waals surface area contributed by atoms with Crippen LogP contribution in [0.1, 0.15) is 17.3 Å². The van der Waals surface area contributed by atoms with E-state index in [1.165, 1.54) is 25.4 Å². The lowest BCUT2D eigenvalue weighted by Gasteiger charge is -2.11. The highest BCUT2D eigenvalue weighted by Gasteiger charge is 2.17. The average molecular weight is 227 g/mol. The molecule has 81 valence electrons. The summed E-state index contributed by atoms with van der Waals surface area (Å²) in [4.78, 5) is 15.2. The lowest BCUT2D eigenvalue weighted by atomic mass is 10.3. The number of rotatable bonds is 3. The summed E-state index contributed by atoms with van der Waals surface area (Å²) in [6, 6.07) is 4.07. The maximum Gasteiger partial charge on any atom is 0.253 e. The first-order valence-corrected chi connectivity index (χ1v) is 6.17. The highest BCUT2D eigenvalue weighted by atomic mass is 32.2. The Hall–Kier alpha value is -1.43. The van der Waals surface area contributed by atoms with Gasteiger partial charge in [-0.1, -0.05) is 0 Å². The van der Waals surface area contributed by atoms with Gasteiger partial charge in [0.15, 0.2) is 9.84 Å². The van der Waals surface area contributed by atoms with Gasteiger partial charge in [0.05, 0.1) is 5.56 Å². The van der Waals surface area contributed by atoms with Crippen molar-refractivity contribution < 1.29 is 13.2 Å². The summed E-state index contributed by atoms with van der Waals surface area (Å²) >= 11 is 0. The van der Waals surface area contributed by atoms with Crippen LogP contribution in [0.25, 0.3) is 0 Å². The molecule has 15 heavy (non-hydrogen) atoms. The number of pyridine rings is 1. The molecule has 5 nitrogen and oxygen atoms in total. The standard InChI is InChI=1S/C9H11N2O3S/c1-7(15(2,13)14)11-9(12)8-4-3-5-10-6-8/h4-7H,1-2H3,(H,11,12). The molecule has 1 atom stereocenters. The van der Waals surface area contributed by atoms with Crippen molar-refractivity contribution in [3.63, 3.8) is 0 Å². The fourth-order valence-electron chi connectivity index (χ4n) is 0.824. The molecule has 1 unspecified atom stereocenters. The number of hydrogen-bond acceptors (Lipinski definition) is 4. The summed E-state index contributed by atoms with van der Waals surface area (Å²) in [5.41, 5.74) is 0.285. The molecule has 1 heterocycles. The molecule has 1 N–H and O–H groups in total. The van der Waals surface area contributed by atoms with Crippen molar-refractivity contribution in [3.8, 4) is 0 Å². The third kappa shape index (κ3) is 3.32. The van der Waals surface area contributed by atoms with E-state index in [0.29, 0.717) is 0 Å². The average Bonchev–Trinajstić information content (AvgIpc) is 2.17. The van der Waals surface area contributed by atoms with Gasteiger partial charge in [0, 0.05) is 24.7 Å². The van der Waals surface area contributed by atoms with E-state index in [2.05, 4.69) is 16.4 Å². The van der Waals surface area contributed by atoms with Crippen molar-refractivity contribution in [1.29, 1.82) is 0 Å². The third-order valence-corrected chi connectivity index (χ3v) is 3.24. The number of carbonyl (C=O) groups is 1. The van der Waals surface area contributed by atoms with Gasteiger partial charge >= 0.3 is 0 Å². The first-order valence-electron chi connectivity index (χ1n) is 4.22. The van der Waals surface area contributed by atoms with Gasteiger partial charge in [-0.25, -0.2) is 8.42 Å². The molecule has 0 aliphatic carbocycles. The lowest BCUT2D eigenvalue weighted by molar-refractivity contribution is 0.0950. The zero-order valence-electron chi connectivity index (χ0n) is 8.39. The quantitative estimate of drug-likeness (QED) is 0.788. The second-order valence-corrected chi connectivity index (χ2v) is 5.48. The fourth-order valence-corrected chi connectivity index (χ4v) is 1.15. The van der Waals surface area contributed by atoms with Gasteiger partial charge in [-0.3, -0.25) is 9.78 Å². The lowest BCUT2D eigenvalue weighted by Crippen LogP contribution is -2.37. The highest BCUT2D eigenvalue weighted by molar-refractivity contribution is 7.91. The van der Waals surface area contributed by atoms with Crippen LogP contribution in [0.5, 0.6) is 0 Å². The Morgan fingerprint density at radius 2 is 2.27 bits per heavy atom. The molecule has 0 spiro atoms. The molecule has 1 aromatic rings. The maximum atomic E-state index is 11.5. The molecule has 0 aliphatic rings. The highest BCUT2D eigenvalue weighted by Crippen LogP contribution is 1.98. The Balaban J connectivity index is 2.74. The van der Waals surface area contributed by atoms with Gasteiger partial charge in [-0.2, -0.15) is 0 Å². The molecule has 0 aromatic carbocycles. The Morgan fingerprint density at radius 3 is 2.73 bits per heavy atom. The van der Waals surface area contributed by atoms with Gasteiger partial charge in [0.1, 0.15) is 5.37 Å². The van der Waals surface area contributed by atoms with E-state index in [1.54, 1.807) is 0 Å². The predicted octanol–water partition coefficient (Wildman–Crippen LogP) is 0.00219. The number of aromatic nitrogens is 1. The maximum absolute atomic E-state index is 11.5. The SMILES string of the molecule is CC(NC(=O)c1c[c]cnc1)S(C)(=O)=O. The van der Waals surface area contributed by atoms with Gasteiger partial charge in [0.25, 0.3) is 5.91 Å². The number of nitrogens with one attached hydrogen (secondary N) is 1. The molecule has 0 bridgehead atoms. The fraction of sp³-hybridized carbons (Fsp3) is 0.333. The van der Waals surface area contributed by atoms with Gasteiger partial charge < -0.3 is 5.32 Å². The van der Waals surface area contributed by atoms with Crippen molar-refractivity contribution in [2.45, 2.75) is 12.3 Å². The molecule has 0 aliphatic heterocycles. The summed E-state index contributed by atoms with van der Waals surface area (Å²) in [5, 5.41) is 1.44. The van der Waals surface area contributed by atoms with Crippen LogP contribution in [0.3, 0.4) is 0 Å². The Bertz CT molecular complexity index is 442. The molecular weight excluding hydrogens is 216 g/mol. The molecule has 6 heteroatoms. The monoisotopic (exact) mass is 227 g/mol. The van der Waals surface area contributed by atoms with Crippen molar-refractivity contribution in [2.75, 3.05) is 6.26 Å². The van der Waals surface area contributed by atoms with E-state index in [9.17, 15) is 13.2 Å². The second kappa shape index (κ2) is 4.39. The Kier molecular flexibility index (Phi) is 3.41. The van der Waals surface area contributed by atoms with E-state index >= 15 is 0 Å². The first kappa shape index (κ1) is 11.6. The smallest absolute Gasteiger partial charge is 0.253 e. The van der Waals surface area contributed by atoms with Crippen LogP contribution in [0.2, 0.25) is 0 Å². The second-order valence-electron chi connectivity index (χ2n) is 3.12. The van der Waals surface area contributed by atoms with E-state index in [-0.39, 0.29) is 5.56 Å². The number of amides is 1. The number of sulfone groups is 1. The summed E-state index contributed by atoms with van der Waals surface area (Å²) in [5.74, 6) is -0.475. The van der Waals surface area contributed by atoms with Crippen molar-refractivity contribution >= 4 is 15.7 Å². The Labute approximate surface area is 88.4 Å². The van der Waals surface area contributed by atoms with E-state index in [0.717, 1.165) is 6.26 Å². The summed E-state index contributed by atoms with van der Waals surface area (Å²) in [7, 11) is -3.27. The van der Waals surface area contributed by atoms with Crippen molar-refractivity contribution in [2.24, 2.45) is 0 Å². The zero-order chi connectivity index (χ0) is 11.5. The third-order valence-electron chi connectivity index (χ3n) is 1.84. The topological polar surface area (TPSA) is 76.1 Å². The largest absolute Gasteiger partial charge is 0.336 e. The molecule has 0 saturated heterocycles. The van der Waals surface area contributed by atoms with Crippen LogP contribution in [-0.4, -0.2) is 30.9 Å². The van der Waals surface area contributed by atoms with Crippen LogP contribution in [0.15, 0.2) is 18.5 Å². The molecule has 1 aromatic heterocycles.